The molecule has 1 saturated heterocycles. The molecular formula is C14H19NO2. The Bertz CT molecular complexity index is 386. The lowest BCUT2D eigenvalue weighted by atomic mass is 10.0. The van der Waals surface area contributed by atoms with E-state index in [1.54, 1.807) is 0 Å². The third kappa shape index (κ3) is 2.86. The summed E-state index contributed by atoms with van der Waals surface area (Å²) in [5.41, 5.74) is 2.51. The van der Waals surface area contributed by atoms with E-state index in [9.17, 15) is 4.79 Å². The van der Waals surface area contributed by atoms with E-state index in [1.807, 2.05) is 6.92 Å². The highest BCUT2D eigenvalue weighted by Crippen LogP contribution is 2.27. The quantitative estimate of drug-likeness (QED) is 0.814. The van der Waals surface area contributed by atoms with Crippen molar-refractivity contribution in [1.29, 1.82) is 0 Å². The van der Waals surface area contributed by atoms with Crippen LogP contribution in [0.1, 0.15) is 36.9 Å². The minimum atomic E-state index is -0.138. The molecule has 0 saturated carbocycles. The molecule has 92 valence electrons. The van der Waals surface area contributed by atoms with Crippen LogP contribution in [0.4, 0.5) is 0 Å². The molecule has 1 aromatic rings. The third-order valence-electron chi connectivity index (χ3n) is 3.20. The van der Waals surface area contributed by atoms with Gasteiger partial charge in [0.25, 0.3) is 0 Å². The molecular weight excluding hydrogens is 214 g/mol. The fourth-order valence-corrected chi connectivity index (χ4v) is 2.23. The largest absolute Gasteiger partial charge is 0.465 e. The summed E-state index contributed by atoms with van der Waals surface area (Å²) in [7, 11) is 0. The summed E-state index contributed by atoms with van der Waals surface area (Å²) < 4.78 is 5.03. The summed E-state index contributed by atoms with van der Waals surface area (Å²) in [4.78, 5) is 11.6. The molecule has 0 aromatic heterocycles. The molecule has 0 amide bonds. The Labute approximate surface area is 102 Å². The summed E-state index contributed by atoms with van der Waals surface area (Å²) in [6.45, 7) is 4.36. The van der Waals surface area contributed by atoms with Crippen molar-refractivity contribution in [3.8, 4) is 0 Å². The van der Waals surface area contributed by atoms with E-state index in [0.29, 0.717) is 6.61 Å². The lowest BCUT2D eigenvalue weighted by Crippen LogP contribution is -2.33. The van der Waals surface area contributed by atoms with Crippen molar-refractivity contribution in [2.24, 2.45) is 0 Å². The Balaban J connectivity index is 1.98. The molecule has 0 aliphatic carbocycles. The van der Waals surface area contributed by atoms with Gasteiger partial charge in [-0.05, 0) is 32.3 Å². The van der Waals surface area contributed by atoms with Crippen LogP contribution in [0.3, 0.4) is 0 Å². The maximum absolute atomic E-state index is 11.6. The number of hydrogen-bond acceptors (Lipinski definition) is 3. The summed E-state index contributed by atoms with van der Waals surface area (Å²) in [5, 5.41) is 3.34. The van der Waals surface area contributed by atoms with Gasteiger partial charge in [-0.2, -0.15) is 0 Å². The second-order valence-corrected chi connectivity index (χ2v) is 4.51. The number of benzene rings is 1. The summed E-state index contributed by atoms with van der Waals surface area (Å²) in [6.07, 6.45) is 1.85. The SMILES string of the molecule is CCOC(=O)[C@@H]1CC[C@H](c2ccc(C)cc2)N1. The predicted octanol–water partition coefficient (Wildman–Crippen LogP) is 2.35. The van der Waals surface area contributed by atoms with Crippen molar-refractivity contribution in [1.82, 2.24) is 5.32 Å². The molecule has 1 aliphatic heterocycles. The minimum Gasteiger partial charge on any atom is -0.465 e. The first-order chi connectivity index (χ1) is 8.20. The van der Waals surface area contributed by atoms with Crippen LogP contribution < -0.4 is 5.32 Å². The first kappa shape index (κ1) is 12.1. The molecule has 0 radical (unpaired) electrons. The third-order valence-corrected chi connectivity index (χ3v) is 3.20. The zero-order chi connectivity index (χ0) is 12.3. The average molecular weight is 233 g/mol. The summed E-state index contributed by atoms with van der Waals surface area (Å²) in [5.74, 6) is -0.123. The van der Waals surface area contributed by atoms with Crippen molar-refractivity contribution in [3.63, 3.8) is 0 Å². The Morgan fingerprint density at radius 1 is 1.35 bits per heavy atom. The van der Waals surface area contributed by atoms with Crippen molar-refractivity contribution in [2.75, 3.05) is 6.61 Å². The second-order valence-electron chi connectivity index (χ2n) is 4.51. The molecule has 0 spiro atoms. The van der Waals surface area contributed by atoms with E-state index in [2.05, 4.69) is 36.5 Å². The van der Waals surface area contributed by atoms with E-state index >= 15 is 0 Å². The van der Waals surface area contributed by atoms with Crippen LogP contribution in [0, 0.1) is 6.92 Å². The predicted molar refractivity (Wildman–Crippen MR) is 66.7 cm³/mol. The van der Waals surface area contributed by atoms with Gasteiger partial charge < -0.3 is 4.74 Å². The number of esters is 1. The molecule has 0 bridgehead atoms. The molecule has 1 N–H and O–H groups in total. The number of carbonyl (C=O) groups is 1. The van der Waals surface area contributed by atoms with Gasteiger partial charge in [0.2, 0.25) is 0 Å². The topological polar surface area (TPSA) is 38.3 Å². The summed E-state index contributed by atoms with van der Waals surface area (Å²) >= 11 is 0. The zero-order valence-electron chi connectivity index (χ0n) is 10.4. The highest BCUT2D eigenvalue weighted by Gasteiger charge is 2.30. The molecule has 2 rings (SSSR count). The fraction of sp³-hybridized carbons (Fsp3) is 0.500. The number of aryl methyl sites for hydroxylation is 1. The van der Waals surface area contributed by atoms with E-state index in [0.717, 1.165) is 12.8 Å². The van der Waals surface area contributed by atoms with E-state index in [4.69, 9.17) is 4.74 Å². The van der Waals surface area contributed by atoms with Crippen LogP contribution in [0.25, 0.3) is 0 Å². The fourth-order valence-electron chi connectivity index (χ4n) is 2.23. The smallest absolute Gasteiger partial charge is 0.323 e. The Morgan fingerprint density at radius 3 is 2.71 bits per heavy atom. The van der Waals surface area contributed by atoms with Crippen LogP contribution >= 0.6 is 0 Å². The number of ether oxygens (including phenoxy) is 1. The van der Waals surface area contributed by atoms with Gasteiger partial charge in [-0.15, -0.1) is 0 Å². The Hall–Kier alpha value is -1.35. The van der Waals surface area contributed by atoms with Crippen LogP contribution in [-0.2, 0) is 9.53 Å². The monoisotopic (exact) mass is 233 g/mol. The highest BCUT2D eigenvalue weighted by molar-refractivity contribution is 5.76. The molecule has 1 fully saturated rings. The van der Waals surface area contributed by atoms with Gasteiger partial charge in [0, 0.05) is 6.04 Å². The first-order valence-electron chi connectivity index (χ1n) is 6.20. The normalized spacial score (nSPS) is 23.6. The van der Waals surface area contributed by atoms with Gasteiger partial charge in [-0.1, -0.05) is 29.8 Å². The van der Waals surface area contributed by atoms with Crippen LogP contribution in [0.2, 0.25) is 0 Å². The zero-order valence-corrected chi connectivity index (χ0v) is 10.4. The van der Waals surface area contributed by atoms with Crippen molar-refractivity contribution >= 4 is 5.97 Å². The van der Waals surface area contributed by atoms with E-state index in [-0.39, 0.29) is 18.1 Å². The van der Waals surface area contributed by atoms with Crippen molar-refractivity contribution in [3.05, 3.63) is 35.4 Å². The molecule has 2 atom stereocenters. The van der Waals surface area contributed by atoms with Gasteiger partial charge >= 0.3 is 5.97 Å². The van der Waals surface area contributed by atoms with Gasteiger partial charge in [0.1, 0.15) is 6.04 Å². The average Bonchev–Trinajstić information content (AvgIpc) is 2.80. The minimum absolute atomic E-state index is 0.123. The van der Waals surface area contributed by atoms with Crippen LogP contribution in [0.5, 0.6) is 0 Å². The molecule has 0 unspecified atom stereocenters. The van der Waals surface area contributed by atoms with Crippen LogP contribution in [0.15, 0.2) is 24.3 Å². The number of carbonyl (C=O) groups excluding carboxylic acids is 1. The molecule has 1 heterocycles. The molecule has 17 heavy (non-hydrogen) atoms. The Morgan fingerprint density at radius 2 is 2.06 bits per heavy atom. The van der Waals surface area contributed by atoms with Gasteiger partial charge in [-0.25, -0.2) is 0 Å². The van der Waals surface area contributed by atoms with Crippen molar-refractivity contribution in [2.45, 2.75) is 38.8 Å². The number of rotatable bonds is 3. The standard InChI is InChI=1S/C14H19NO2/c1-3-17-14(16)13-9-8-12(15-13)11-6-4-10(2)5-7-11/h4-7,12-13,15H,3,8-9H2,1-2H3/t12-,13+/m1/s1. The summed E-state index contributed by atoms with van der Waals surface area (Å²) in [6, 6.07) is 8.61. The Kier molecular flexibility index (Phi) is 3.79. The lowest BCUT2D eigenvalue weighted by molar-refractivity contribution is -0.145. The maximum Gasteiger partial charge on any atom is 0.323 e. The molecule has 3 heteroatoms. The van der Waals surface area contributed by atoms with E-state index in [1.165, 1.54) is 11.1 Å². The molecule has 1 aromatic carbocycles. The van der Waals surface area contributed by atoms with Crippen molar-refractivity contribution < 1.29 is 9.53 Å². The highest BCUT2D eigenvalue weighted by atomic mass is 16.5. The first-order valence-corrected chi connectivity index (χ1v) is 6.20. The van der Waals surface area contributed by atoms with Gasteiger partial charge in [0.05, 0.1) is 6.61 Å². The molecule has 1 aliphatic rings. The van der Waals surface area contributed by atoms with Crippen LogP contribution in [-0.4, -0.2) is 18.6 Å². The van der Waals surface area contributed by atoms with E-state index < -0.39 is 0 Å². The van der Waals surface area contributed by atoms with Gasteiger partial charge in [-0.3, -0.25) is 10.1 Å². The number of hydrogen-bond donors (Lipinski definition) is 1. The lowest BCUT2D eigenvalue weighted by Gasteiger charge is -2.14. The van der Waals surface area contributed by atoms with Gasteiger partial charge in [0.15, 0.2) is 0 Å². The molecule has 3 nitrogen and oxygen atoms in total. The second kappa shape index (κ2) is 5.32. The maximum atomic E-state index is 11.6. The number of nitrogens with one attached hydrogen (secondary N) is 1.